The summed E-state index contributed by atoms with van der Waals surface area (Å²) in [6.07, 6.45) is 0.998. The van der Waals surface area contributed by atoms with E-state index < -0.39 is 0 Å². The summed E-state index contributed by atoms with van der Waals surface area (Å²) in [6, 6.07) is 6.52. The average Bonchev–Trinajstić information content (AvgIpc) is 2.39. The van der Waals surface area contributed by atoms with Crippen LogP contribution < -0.4 is 10.1 Å². The zero-order valence-corrected chi connectivity index (χ0v) is 11.9. The summed E-state index contributed by atoms with van der Waals surface area (Å²) in [5, 5.41) is 12.6. The van der Waals surface area contributed by atoms with Crippen LogP contribution in [0.5, 0.6) is 5.75 Å². The molecule has 2 unspecified atom stereocenters. The SMILES string of the molecule is CCC(NCC(C)CO)c1cc(C)ccc1OC. The van der Waals surface area contributed by atoms with E-state index in [1.165, 1.54) is 11.1 Å². The summed E-state index contributed by atoms with van der Waals surface area (Å²) in [5.74, 6) is 1.20. The lowest BCUT2D eigenvalue weighted by atomic mass is 10.0. The summed E-state index contributed by atoms with van der Waals surface area (Å²) in [5.41, 5.74) is 2.44. The van der Waals surface area contributed by atoms with Crippen LogP contribution in [-0.4, -0.2) is 25.4 Å². The predicted octanol–water partition coefficient (Wildman–Crippen LogP) is 2.67. The molecule has 0 heterocycles. The van der Waals surface area contributed by atoms with Crippen molar-refractivity contribution >= 4 is 0 Å². The van der Waals surface area contributed by atoms with Crippen molar-refractivity contribution in [2.75, 3.05) is 20.3 Å². The molecule has 0 spiro atoms. The lowest BCUT2D eigenvalue weighted by molar-refractivity contribution is 0.229. The van der Waals surface area contributed by atoms with Crippen LogP contribution in [-0.2, 0) is 0 Å². The maximum absolute atomic E-state index is 9.07. The van der Waals surface area contributed by atoms with Crippen molar-refractivity contribution in [3.63, 3.8) is 0 Å². The Bertz CT molecular complexity index is 366. The highest BCUT2D eigenvalue weighted by Gasteiger charge is 2.15. The first-order chi connectivity index (χ1) is 8.62. The minimum absolute atomic E-state index is 0.217. The Morgan fingerprint density at radius 2 is 2.11 bits per heavy atom. The summed E-state index contributed by atoms with van der Waals surface area (Å²) in [4.78, 5) is 0. The fraction of sp³-hybridized carbons (Fsp3) is 0.600. The third-order valence-corrected chi connectivity index (χ3v) is 3.19. The molecule has 1 aromatic carbocycles. The Hall–Kier alpha value is -1.06. The van der Waals surface area contributed by atoms with Gasteiger partial charge in [0.15, 0.2) is 0 Å². The molecule has 0 aliphatic carbocycles. The highest BCUT2D eigenvalue weighted by atomic mass is 16.5. The molecule has 18 heavy (non-hydrogen) atoms. The minimum atomic E-state index is 0.217. The highest BCUT2D eigenvalue weighted by molar-refractivity contribution is 5.39. The number of methoxy groups -OCH3 is 1. The van der Waals surface area contributed by atoms with Crippen LogP contribution in [0.2, 0.25) is 0 Å². The number of aliphatic hydroxyl groups excluding tert-OH is 1. The normalized spacial score (nSPS) is 14.3. The molecule has 0 saturated heterocycles. The Balaban J connectivity index is 2.83. The van der Waals surface area contributed by atoms with Gasteiger partial charge < -0.3 is 15.2 Å². The predicted molar refractivity (Wildman–Crippen MR) is 75.0 cm³/mol. The Labute approximate surface area is 110 Å². The van der Waals surface area contributed by atoms with Gasteiger partial charge in [-0.1, -0.05) is 31.5 Å². The van der Waals surface area contributed by atoms with Crippen LogP contribution in [0, 0.1) is 12.8 Å². The minimum Gasteiger partial charge on any atom is -0.496 e. The van der Waals surface area contributed by atoms with Crippen molar-refractivity contribution in [3.8, 4) is 5.75 Å². The fourth-order valence-electron chi connectivity index (χ4n) is 2.01. The summed E-state index contributed by atoms with van der Waals surface area (Å²) < 4.78 is 5.43. The molecule has 3 heteroatoms. The molecule has 0 bridgehead atoms. The molecule has 0 saturated carbocycles. The van der Waals surface area contributed by atoms with Gasteiger partial charge in [-0.05, 0) is 25.3 Å². The third kappa shape index (κ3) is 4.00. The fourth-order valence-corrected chi connectivity index (χ4v) is 2.01. The van der Waals surface area contributed by atoms with Crippen LogP contribution in [0.25, 0.3) is 0 Å². The second kappa shape index (κ2) is 7.39. The summed E-state index contributed by atoms with van der Waals surface area (Å²) in [6.45, 7) is 7.31. The van der Waals surface area contributed by atoms with Crippen molar-refractivity contribution in [2.45, 2.75) is 33.2 Å². The van der Waals surface area contributed by atoms with Crippen molar-refractivity contribution < 1.29 is 9.84 Å². The Morgan fingerprint density at radius 3 is 2.67 bits per heavy atom. The summed E-state index contributed by atoms with van der Waals surface area (Å²) >= 11 is 0. The standard InChI is InChI=1S/C15H25NO2/c1-5-14(16-9-12(3)10-17)13-8-11(2)6-7-15(13)18-4/h6-8,12,14,16-17H,5,9-10H2,1-4H3. The first kappa shape index (κ1) is 15.0. The number of aryl methyl sites for hydroxylation is 1. The van der Waals surface area contributed by atoms with Crippen LogP contribution in [0.1, 0.15) is 37.4 Å². The molecule has 0 radical (unpaired) electrons. The molecule has 1 rings (SSSR count). The van der Waals surface area contributed by atoms with Gasteiger partial charge in [0.1, 0.15) is 5.75 Å². The maximum Gasteiger partial charge on any atom is 0.123 e. The molecule has 102 valence electrons. The van der Waals surface area contributed by atoms with E-state index in [1.54, 1.807) is 7.11 Å². The second-order valence-electron chi connectivity index (χ2n) is 4.90. The van der Waals surface area contributed by atoms with Gasteiger partial charge >= 0.3 is 0 Å². The lowest BCUT2D eigenvalue weighted by Gasteiger charge is -2.22. The number of nitrogens with one attached hydrogen (secondary N) is 1. The van der Waals surface area contributed by atoms with Gasteiger partial charge in [-0.25, -0.2) is 0 Å². The molecule has 0 amide bonds. The first-order valence-electron chi connectivity index (χ1n) is 6.61. The number of ether oxygens (including phenoxy) is 1. The van der Waals surface area contributed by atoms with Crippen molar-refractivity contribution in [1.82, 2.24) is 5.32 Å². The average molecular weight is 251 g/mol. The summed E-state index contributed by atoms with van der Waals surface area (Å²) in [7, 11) is 1.71. The van der Waals surface area contributed by atoms with Gasteiger partial charge in [0, 0.05) is 24.8 Å². The van der Waals surface area contributed by atoms with E-state index >= 15 is 0 Å². The zero-order chi connectivity index (χ0) is 13.5. The maximum atomic E-state index is 9.07. The monoisotopic (exact) mass is 251 g/mol. The van der Waals surface area contributed by atoms with Crippen molar-refractivity contribution in [2.24, 2.45) is 5.92 Å². The Kier molecular flexibility index (Phi) is 6.16. The van der Waals surface area contributed by atoms with E-state index in [1.807, 2.05) is 13.0 Å². The van der Waals surface area contributed by atoms with Crippen LogP contribution in [0.3, 0.4) is 0 Å². The van der Waals surface area contributed by atoms with Gasteiger partial charge in [0.05, 0.1) is 7.11 Å². The third-order valence-electron chi connectivity index (χ3n) is 3.19. The lowest BCUT2D eigenvalue weighted by Crippen LogP contribution is -2.27. The van der Waals surface area contributed by atoms with Crippen LogP contribution in [0.15, 0.2) is 18.2 Å². The van der Waals surface area contributed by atoms with E-state index in [9.17, 15) is 0 Å². The van der Waals surface area contributed by atoms with E-state index in [0.717, 1.165) is 18.7 Å². The van der Waals surface area contributed by atoms with Gasteiger partial charge in [-0.3, -0.25) is 0 Å². The van der Waals surface area contributed by atoms with Gasteiger partial charge in [-0.2, -0.15) is 0 Å². The molecule has 2 atom stereocenters. The van der Waals surface area contributed by atoms with E-state index in [2.05, 4.69) is 31.3 Å². The smallest absolute Gasteiger partial charge is 0.123 e. The molecule has 2 N–H and O–H groups in total. The first-order valence-corrected chi connectivity index (χ1v) is 6.61. The van der Waals surface area contributed by atoms with E-state index in [-0.39, 0.29) is 18.6 Å². The second-order valence-corrected chi connectivity index (χ2v) is 4.90. The number of hydrogen-bond donors (Lipinski definition) is 2. The molecule has 0 aromatic heterocycles. The molecular weight excluding hydrogens is 226 g/mol. The highest BCUT2D eigenvalue weighted by Crippen LogP contribution is 2.28. The molecular formula is C15H25NO2. The molecule has 0 fully saturated rings. The van der Waals surface area contributed by atoms with E-state index in [4.69, 9.17) is 9.84 Å². The quantitative estimate of drug-likeness (QED) is 0.783. The van der Waals surface area contributed by atoms with E-state index in [0.29, 0.717) is 0 Å². The van der Waals surface area contributed by atoms with Crippen molar-refractivity contribution in [1.29, 1.82) is 0 Å². The largest absolute Gasteiger partial charge is 0.496 e. The molecule has 3 nitrogen and oxygen atoms in total. The molecule has 0 aliphatic heterocycles. The number of aliphatic hydroxyl groups is 1. The number of hydrogen-bond acceptors (Lipinski definition) is 3. The molecule has 0 aliphatic rings. The van der Waals surface area contributed by atoms with Crippen LogP contribution >= 0.6 is 0 Å². The Morgan fingerprint density at radius 1 is 1.39 bits per heavy atom. The number of rotatable bonds is 7. The number of benzene rings is 1. The van der Waals surface area contributed by atoms with Crippen molar-refractivity contribution in [3.05, 3.63) is 29.3 Å². The van der Waals surface area contributed by atoms with Gasteiger partial charge in [0.25, 0.3) is 0 Å². The zero-order valence-electron chi connectivity index (χ0n) is 11.9. The van der Waals surface area contributed by atoms with Crippen LogP contribution in [0.4, 0.5) is 0 Å². The molecule has 1 aromatic rings. The van der Waals surface area contributed by atoms with Gasteiger partial charge in [-0.15, -0.1) is 0 Å². The van der Waals surface area contributed by atoms with Gasteiger partial charge in [0.2, 0.25) is 0 Å². The topological polar surface area (TPSA) is 41.5 Å².